The second-order valence-electron chi connectivity index (χ2n) is 6.62. The van der Waals surface area contributed by atoms with E-state index < -0.39 is 10.0 Å². The molecule has 10 heteroatoms. The summed E-state index contributed by atoms with van der Waals surface area (Å²) in [5.74, 6) is 0.0343. The van der Waals surface area contributed by atoms with Crippen molar-refractivity contribution in [2.45, 2.75) is 19.8 Å². The van der Waals surface area contributed by atoms with E-state index in [1.165, 1.54) is 14.0 Å². The van der Waals surface area contributed by atoms with E-state index in [0.717, 1.165) is 4.31 Å². The van der Waals surface area contributed by atoms with Crippen LogP contribution in [0, 0.1) is 5.92 Å². The van der Waals surface area contributed by atoms with E-state index in [1.54, 1.807) is 23.1 Å². The minimum Gasteiger partial charge on any atom is -0.469 e. The monoisotopic (exact) mass is 412 g/mol. The van der Waals surface area contributed by atoms with Gasteiger partial charge in [-0.15, -0.1) is 0 Å². The second-order valence-corrected chi connectivity index (χ2v) is 8.80. The van der Waals surface area contributed by atoms with E-state index in [1.807, 2.05) is 0 Å². The molecule has 28 heavy (non-hydrogen) atoms. The zero-order valence-corrected chi connectivity index (χ0v) is 16.7. The van der Waals surface area contributed by atoms with Gasteiger partial charge in [0.15, 0.2) is 11.5 Å². The molecule has 0 spiro atoms. The molecule has 0 radical (unpaired) electrons. The molecule has 1 aromatic carbocycles. The number of hydrogen-bond donors (Lipinski definition) is 0. The summed E-state index contributed by atoms with van der Waals surface area (Å²) in [7, 11) is -2.33. The Kier molecular flexibility index (Phi) is 5.97. The molecule has 2 aliphatic rings. The molecule has 9 nitrogen and oxygen atoms in total. The molecule has 1 amide bonds. The molecule has 3 rings (SSSR count). The van der Waals surface area contributed by atoms with Gasteiger partial charge >= 0.3 is 5.97 Å². The molecule has 0 unspecified atom stereocenters. The molecule has 2 heterocycles. The number of amides is 1. The van der Waals surface area contributed by atoms with Gasteiger partial charge in [-0.1, -0.05) is 0 Å². The molecule has 0 aliphatic carbocycles. The van der Waals surface area contributed by atoms with Crippen molar-refractivity contribution < 1.29 is 32.2 Å². The number of carbonyl (C=O) groups is 2. The van der Waals surface area contributed by atoms with Gasteiger partial charge in [0.25, 0.3) is 0 Å². The van der Waals surface area contributed by atoms with Crippen LogP contribution in [0.25, 0.3) is 0 Å². The highest BCUT2D eigenvalue weighted by atomic mass is 32.2. The summed E-state index contributed by atoms with van der Waals surface area (Å²) in [6.45, 7) is 2.08. The van der Waals surface area contributed by atoms with Crippen LogP contribution in [-0.2, 0) is 24.3 Å². The van der Waals surface area contributed by atoms with Gasteiger partial charge in [0.05, 0.1) is 24.5 Å². The number of sulfonamides is 1. The van der Waals surface area contributed by atoms with E-state index >= 15 is 0 Å². The Balaban J connectivity index is 1.74. The third kappa shape index (κ3) is 4.16. The van der Waals surface area contributed by atoms with Gasteiger partial charge in [-0.2, -0.15) is 0 Å². The highest BCUT2D eigenvalue weighted by Crippen LogP contribution is 2.36. The smallest absolute Gasteiger partial charge is 0.308 e. The first-order chi connectivity index (χ1) is 13.4. The van der Waals surface area contributed by atoms with Gasteiger partial charge in [0.2, 0.25) is 22.7 Å². The van der Waals surface area contributed by atoms with Gasteiger partial charge in [-0.25, -0.2) is 8.42 Å². The van der Waals surface area contributed by atoms with Gasteiger partial charge in [-0.05, 0) is 31.9 Å². The van der Waals surface area contributed by atoms with Crippen molar-refractivity contribution in [2.75, 3.05) is 43.6 Å². The fourth-order valence-electron chi connectivity index (χ4n) is 3.30. The van der Waals surface area contributed by atoms with Crippen molar-refractivity contribution in [3.05, 3.63) is 18.2 Å². The Labute approximate surface area is 164 Å². The van der Waals surface area contributed by atoms with Crippen LogP contribution in [0.5, 0.6) is 11.5 Å². The Morgan fingerprint density at radius 3 is 2.54 bits per heavy atom. The molecule has 0 N–H and O–H groups in total. The summed E-state index contributed by atoms with van der Waals surface area (Å²) in [6, 6.07) is 4.78. The van der Waals surface area contributed by atoms with Crippen LogP contribution in [0.2, 0.25) is 0 Å². The normalized spacial score (nSPS) is 16.7. The number of hydrogen-bond acceptors (Lipinski definition) is 7. The van der Waals surface area contributed by atoms with Gasteiger partial charge in [0, 0.05) is 19.2 Å². The lowest BCUT2D eigenvalue weighted by Gasteiger charge is -2.33. The van der Waals surface area contributed by atoms with Crippen molar-refractivity contribution in [1.82, 2.24) is 4.90 Å². The fraction of sp³-hybridized carbons (Fsp3) is 0.556. The van der Waals surface area contributed by atoms with Crippen LogP contribution in [0.1, 0.15) is 19.8 Å². The highest BCUT2D eigenvalue weighted by Gasteiger charge is 2.31. The number of piperidine rings is 1. The number of methoxy groups -OCH3 is 1. The molecule has 1 saturated heterocycles. The fourth-order valence-corrected chi connectivity index (χ4v) is 4.35. The summed E-state index contributed by atoms with van der Waals surface area (Å²) in [4.78, 5) is 26.0. The lowest BCUT2D eigenvalue weighted by atomic mass is 9.97. The molecule has 0 aromatic heterocycles. The molecule has 0 bridgehead atoms. The number of carbonyl (C=O) groups excluding carboxylic acids is 2. The molecule has 2 aliphatic heterocycles. The predicted molar refractivity (Wildman–Crippen MR) is 101 cm³/mol. The Bertz CT molecular complexity index is 847. The minimum absolute atomic E-state index is 0.0768. The summed E-state index contributed by atoms with van der Waals surface area (Å²) in [6.07, 6.45) is 1.01. The number of ether oxygens (including phenoxy) is 3. The summed E-state index contributed by atoms with van der Waals surface area (Å²) >= 11 is 0. The second kappa shape index (κ2) is 8.26. The largest absolute Gasteiger partial charge is 0.469 e. The van der Waals surface area contributed by atoms with E-state index in [4.69, 9.17) is 14.2 Å². The zero-order valence-electron chi connectivity index (χ0n) is 15.9. The molecular formula is C18H24N2O7S. The maximum atomic E-state index is 12.8. The molecule has 154 valence electrons. The summed E-state index contributed by atoms with van der Waals surface area (Å²) in [5.41, 5.74) is 0.351. The van der Waals surface area contributed by atoms with Crippen molar-refractivity contribution in [2.24, 2.45) is 5.92 Å². The third-order valence-corrected chi connectivity index (χ3v) is 6.75. The van der Waals surface area contributed by atoms with Crippen molar-refractivity contribution in [3.63, 3.8) is 0 Å². The number of fused-ring (bicyclic) bond motifs is 1. The van der Waals surface area contributed by atoms with Crippen LogP contribution in [-0.4, -0.2) is 64.5 Å². The standard InChI is InChI=1S/C18H24N2O7S/c1-3-28(23,24)20(14-4-5-15-16(10-14)27-12-26-15)11-17(21)19-8-6-13(7-9-19)18(22)25-2/h4-5,10,13H,3,6-9,11-12H2,1-2H3. The lowest BCUT2D eigenvalue weighted by Crippen LogP contribution is -2.47. The number of anilines is 1. The van der Waals surface area contributed by atoms with Crippen LogP contribution < -0.4 is 13.8 Å². The van der Waals surface area contributed by atoms with Gasteiger partial charge in [0.1, 0.15) is 6.54 Å². The van der Waals surface area contributed by atoms with Crippen LogP contribution in [0.15, 0.2) is 18.2 Å². The van der Waals surface area contributed by atoms with Gasteiger partial charge < -0.3 is 19.1 Å². The number of rotatable bonds is 6. The molecule has 1 aromatic rings. The van der Waals surface area contributed by atoms with Crippen molar-refractivity contribution >= 4 is 27.6 Å². The molecule has 1 fully saturated rings. The average molecular weight is 412 g/mol. The first-order valence-corrected chi connectivity index (χ1v) is 10.7. The van der Waals surface area contributed by atoms with Crippen LogP contribution in [0.3, 0.4) is 0 Å². The number of esters is 1. The minimum atomic E-state index is -3.68. The number of benzene rings is 1. The first kappa shape index (κ1) is 20.2. The van der Waals surface area contributed by atoms with E-state index in [2.05, 4.69) is 0 Å². The summed E-state index contributed by atoms with van der Waals surface area (Å²) < 4.78 is 41.7. The molecular weight excluding hydrogens is 388 g/mol. The predicted octanol–water partition coefficient (Wildman–Crippen LogP) is 0.983. The average Bonchev–Trinajstić information content (AvgIpc) is 3.19. The van der Waals surface area contributed by atoms with Crippen molar-refractivity contribution in [3.8, 4) is 11.5 Å². The van der Waals surface area contributed by atoms with E-state index in [0.29, 0.717) is 43.1 Å². The van der Waals surface area contributed by atoms with Gasteiger partial charge in [-0.3, -0.25) is 13.9 Å². The summed E-state index contributed by atoms with van der Waals surface area (Å²) in [5, 5.41) is 0. The molecule has 0 atom stereocenters. The Morgan fingerprint density at radius 2 is 1.89 bits per heavy atom. The third-order valence-electron chi connectivity index (χ3n) is 5.01. The quantitative estimate of drug-likeness (QED) is 0.642. The molecule has 0 saturated carbocycles. The SMILES string of the molecule is CCS(=O)(=O)N(CC(=O)N1CCC(C(=O)OC)CC1)c1ccc2c(c1)OCO2. The zero-order chi connectivity index (χ0) is 20.3. The first-order valence-electron chi connectivity index (χ1n) is 9.11. The van der Waals surface area contributed by atoms with E-state index in [-0.39, 0.29) is 36.9 Å². The van der Waals surface area contributed by atoms with Crippen LogP contribution >= 0.6 is 0 Å². The van der Waals surface area contributed by atoms with Crippen LogP contribution in [0.4, 0.5) is 5.69 Å². The number of nitrogens with zero attached hydrogens (tertiary/aromatic N) is 2. The Morgan fingerprint density at radius 1 is 1.21 bits per heavy atom. The highest BCUT2D eigenvalue weighted by molar-refractivity contribution is 7.92. The number of likely N-dealkylation sites (tertiary alicyclic amines) is 1. The Hall–Kier alpha value is -2.49. The lowest BCUT2D eigenvalue weighted by molar-refractivity contribution is -0.148. The maximum Gasteiger partial charge on any atom is 0.308 e. The van der Waals surface area contributed by atoms with Crippen molar-refractivity contribution in [1.29, 1.82) is 0 Å². The maximum absolute atomic E-state index is 12.8. The topological polar surface area (TPSA) is 102 Å². The van der Waals surface area contributed by atoms with E-state index in [9.17, 15) is 18.0 Å².